The molecule has 1 amide bonds. The molecule has 0 unspecified atom stereocenters. The van der Waals surface area contributed by atoms with Gasteiger partial charge in [0.25, 0.3) is 5.91 Å². The lowest BCUT2D eigenvalue weighted by Crippen LogP contribution is -2.13. The van der Waals surface area contributed by atoms with E-state index in [0.717, 1.165) is 22.4 Å². The molecular formula is C15H17NOS. The summed E-state index contributed by atoms with van der Waals surface area (Å²) in [6.45, 7) is 8.08. The van der Waals surface area contributed by atoms with Crippen molar-refractivity contribution in [2.24, 2.45) is 0 Å². The predicted octanol–water partition coefficient (Wildman–Crippen LogP) is 4.23. The predicted molar refractivity (Wildman–Crippen MR) is 77.7 cm³/mol. The van der Waals surface area contributed by atoms with Gasteiger partial charge < -0.3 is 5.32 Å². The van der Waals surface area contributed by atoms with E-state index in [4.69, 9.17) is 0 Å². The molecule has 0 fully saturated rings. The molecule has 0 aliphatic rings. The van der Waals surface area contributed by atoms with E-state index in [-0.39, 0.29) is 5.91 Å². The SMILES string of the molecule is Cc1ccc(NC(=O)c2csc(C)c2C)c(C)c1. The van der Waals surface area contributed by atoms with Crippen LogP contribution >= 0.6 is 11.3 Å². The first-order valence-electron chi connectivity index (χ1n) is 5.92. The Hall–Kier alpha value is -1.61. The minimum atomic E-state index is -0.0243. The fourth-order valence-electron chi connectivity index (χ4n) is 1.88. The van der Waals surface area contributed by atoms with Crippen molar-refractivity contribution in [3.8, 4) is 0 Å². The Morgan fingerprint density at radius 1 is 1.17 bits per heavy atom. The number of amides is 1. The molecule has 0 atom stereocenters. The van der Waals surface area contributed by atoms with Crippen LogP contribution in [0.2, 0.25) is 0 Å². The molecule has 3 heteroatoms. The monoisotopic (exact) mass is 259 g/mol. The van der Waals surface area contributed by atoms with Crippen molar-refractivity contribution in [3.05, 3.63) is 50.7 Å². The highest BCUT2D eigenvalue weighted by Gasteiger charge is 2.13. The van der Waals surface area contributed by atoms with Crippen LogP contribution in [-0.2, 0) is 0 Å². The number of hydrogen-bond acceptors (Lipinski definition) is 2. The first kappa shape index (κ1) is 12.8. The van der Waals surface area contributed by atoms with Gasteiger partial charge in [0.15, 0.2) is 0 Å². The maximum absolute atomic E-state index is 12.2. The number of aryl methyl sites for hydroxylation is 3. The molecule has 0 aliphatic heterocycles. The van der Waals surface area contributed by atoms with Gasteiger partial charge in [0.2, 0.25) is 0 Å². The highest BCUT2D eigenvalue weighted by Crippen LogP contribution is 2.23. The van der Waals surface area contributed by atoms with Crippen molar-refractivity contribution in [3.63, 3.8) is 0 Å². The van der Waals surface area contributed by atoms with Crippen LogP contribution in [0.5, 0.6) is 0 Å². The van der Waals surface area contributed by atoms with Crippen molar-refractivity contribution >= 4 is 22.9 Å². The number of benzene rings is 1. The molecule has 0 saturated carbocycles. The topological polar surface area (TPSA) is 29.1 Å². The summed E-state index contributed by atoms with van der Waals surface area (Å²) in [5.41, 5.74) is 5.02. The van der Waals surface area contributed by atoms with E-state index in [1.807, 2.05) is 45.2 Å². The van der Waals surface area contributed by atoms with E-state index in [9.17, 15) is 4.79 Å². The Bertz CT molecular complexity index is 599. The average Bonchev–Trinajstić information content (AvgIpc) is 2.64. The highest BCUT2D eigenvalue weighted by molar-refractivity contribution is 7.10. The highest BCUT2D eigenvalue weighted by atomic mass is 32.1. The molecule has 0 radical (unpaired) electrons. The van der Waals surface area contributed by atoms with E-state index in [0.29, 0.717) is 0 Å². The molecule has 1 N–H and O–H groups in total. The van der Waals surface area contributed by atoms with Gasteiger partial charge in [0, 0.05) is 15.9 Å². The molecule has 2 rings (SSSR count). The Kier molecular flexibility index (Phi) is 3.53. The largest absolute Gasteiger partial charge is 0.322 e. The summed E-state index contributed by atoms with van der Waals surface area (Å²) in [5.74, 6) is -0.0243. The number of nitrogens with one attached hydrogen (secondary N) is 1. The van der Waals surface area contributed by atoms with Crippen LogP contribution in [-0.4, -0.2) is 5.91 Å². The zero-order chi connectivity index (χ0) is 13.3. The van der Waals surface area contributed by atoms with E-state index in [1.54, 1.807) is 11.3 Å². The molecule has 94 valence electrons. The normalized spacial score (nSPS) is 10.4. The van der Waals surface area contributed by atoms with Crippen molar-refractivity contribution in [1.29, 1.82) is 0 Å². The van der Waals surface area contributed by atoms with Crippen molar-refractivity contribution in [2.75, 3.05) is 5.32 Å². The quantitative estimate of drug-likeness (QED) is 0.859. The third-order valence-corrected chi connectivity index (χ3v) is 4.17. The third kappa shape index (κ3) is 2.46. The van der Waals surface area contributed by atoms with Gasteiger partial charge in [-0.1, -0.05) is 17.7 Å². The van der Waals surface area contributed by atoms with E-state index >= 15 is 0 Å². The standard InChI is InChI=1S/C15H17NOS/c1-9-5-6-14(10(2)7-9)16-15(17)13-8-18-12(4)11(13)3/h5-8H,1-4H3,(H,16,17). The summed E-state index contributed by atoms with van der Waals surface area (Å²) in [5, 5.41) is 4.90. The van der Waals surface area contributed by atoms with Gasteiger partial charge in [-0.2, -0.15) is 0 Å². The average molecular weight is 259 g/mol. The summed E-state index contributed by atoms with van der Waals surface area (Å²) in [7, 11) is 0. The second kappa shape index (κ2) is 4.94. The second-order valence-corrected chi connectivity index (χ2v) is 5.69. The van der Waals surface area contributed by atoms with Crippen LogP contribution < -0.4 is 5.32 Å². The lowest BCUT2D eigenvalue weighted by Gasteiger charge is -2.09. The maximum atomic E-state index is 12.2. The van der Waals surface area contributed by atoms with Crippen LogP contribution in [0.25, 0.3) is 0 Å². The summed E-state index contributed by atoms with van der Waals surface area (Å²) in [4.78, 5) is 13.4. The van der Waals surface area contributed by atoms with Crippen LogP contribution in [0.15, 0.2) is 23.6 Å². The Morgan fingerprint density at radius 2 is 1.89 bits per heavy atom. The number of anilines is 1. The van der Waals surface area contributed by atoms with Gasteiger partial charge >= 0.3 is 0 Å². The van der Waals surface area contributed by atoms with Crippen molar-refractivity contribution in [1.82, 2.24) is 0 Å². The Balaban J connectivity index is 2.24. The molecule has 1 heterocycles. The van der Waals surface area contributed by atoms with Crippen LogP contribution in [0.1, 0.15) is 31.9 Å². The van der Waals surface area contributed by atoms with Gasteiger partial charge in [0.1, 0.15) is 0 Å². The van der Waals surface area contributed by atoms with Gasteiger partial charge in [-0.05, 0) is 44.9 Å². The lowest BCUT2D eigenvalue weighted by molar-refractivity contribution is 0.102. The Labute approximate surface area is 112 Å². The van der Waals surface area contributed by atoms with Crippen LogP contribution in [0, 0.1) is 27.7 Å². The van der Waals surface area contributed by atoms with E-state index < -0.39 is 0 Å². The summed E-state index contributed by atoms with van der Waals surface area (Å²) in [6.07, 6.45) is 0. The van der Waals surface area contributed by atoms with Crippen molar-refractivity contribution in [2.45, 2.75) is 27.7 Å². The Morgan fingerprint density at radius 3 is 2.44 bits per heavy atom. The number of rotatable bonds is 2. The molecule has 18 heavy (non-hydrogen) atoms. The first-order chi connectivity index (χ1) is 8.49. The van der Waals surface area contributed by atoms with Gasteiger partial charge in [0.05, 0.1) is 5.56 Å². The fourth-order valence-corrected chi connectivity index (χ4v) is 2.75. The van der Waals surface area contributed by atoms with E-state index in [1.165, 1.54) is 10.4 Å². The minimum Gasteiger partial charge on any atom is -0.322 e. The summed E-state index contributed by atoms with van der Waals surface area (Å²) >= 11 is 1.62. The summed E-state index contributed by atoms with van der Waals surface area (Å²) in [6, 6.07) is 6.03. The van der Waals surface area contributed by atoms with Crippen LogP contribution in [0.4, 0.5) is 5.69 Å². The zero-order valence-electron chi connectivity index (χ0n) is 11.1. The molecule has 2 nitrogen and oxygen atoms in total. The molecule has 2 aromatic rings. The molecule has 1 aromatic carbocycles. The third-order valence-electron chi connectivity index (χ3n) is 3.16. The number of carbonyl (C=O) groups excluding carboxylic acids is 1. The molecule has 0 aliphatic carbocycles. The number of carbonyl (C=O) groups is 1. The maximum Gasteiger partial charge on any atom is 0.256 e. The second-order valence-electron chi connectivity index (χ2n) is 4.60. The van der Waals surface area contributed by atoms with Gasteiger partial charge in [-0.25, -0.2) is 0 Å². The molecule has 1 aromatic heterocycles. The summed E-state index contributed by atoms with van der Waals surface area (Å²) < 4.78 is 0. The fraction of sp³-hybridized carbons (Fsp3) is 0.267. The molecule has 0 spiro atoms. The number of thiophene rings is 1. The van der Waals surface area contributed by atoms with Gasteiger partial charge in [-0.15, -0.1) is 11.3 Å². The van der Waals surface area contributed by atoms with E-state index in [2.05, 4.69) is 11.4 Å². The zero-order valence-corrected chi connectivity index (χ0v) is 11.9. The molecule has 0 saturated heterocycles. The first-order valence-corrected chi connectivity index (χ1v) is 6.80. The molecular weight excluding hydrogens is 242 g/mol. The van der Waals surface area contributed by atoms with Crippen molar-refractivity contribution < 1.29 is 4.79 Å². The molecule has 0 bridgehead atoms. The lowest BCUT2D eigenvalue weighted by atomic mass is 10.1. The number of hydrogen-bond donors (Lipinski definition) is 1. The smallest absolute Gasteiger partial charge is 0.256 e. The van der Waals surface area contributed by atoms with Crippen LogP contribution in [0.3, 0.4) is 0 Å². The van der Waals surface area contributed by atoms with Gasteiger partial charge in [-0.3, -0.25) is 4.79 Å². The minimum absolute atomic E-state index is 0.0243.